The number of thiophene rings is 1. The lowest BCUT2D eigenvalue weighted by Gasteiger charge is -2.37. The van der Waals surface area contributed by atoms with E-state index in [2.05, 4.69) is 4.98 Å². The summed E-state index contributed by atoms with van der Waals surface area (Å²) in [6.45, 7) is 1.39. The van der Waals surface area contributed by atoms with Gasteiger partial charge in [0.15, 0.2) is 0 Å². The monoisotopic (exact) mass is 327 g/mol. The zero-order valence-electron chi connectivity index (χ0n) is 11.6. The zero-order chi connectivity index (χ0) is 15.0. The number of rotatable bonds is 3. The van der Waals surface area contributed by atoms with Crippen LogP contribution in [0.5, 0.6) is 0 Å². The molecule has 1 aliphatic heterocycles. The Kier molecular flexibility index (Phi) is 3.98. The van der Waals surface area contributed by atoms with Crippen molar-refractivity contribution in [2.75, 3.05) is 33.3 Å². The molecule has 0 bridgehead atoms. The highest BCUT2D eigenvalue weighted by atomic mass is 32.2. The third-order valence-corrected chi connectivity index (χ3v) is 6.50. The Morgan fingerprint density at radius 2 is 2.29 bits per heavy atom. The Hall–Kier alpha value is -1.06. The summed E-state index contributed by atoms with van der Waals surface area (Å²) in [5.74, 6) is 0. The van der Waals surface area contributed by atoms with Gasteiger partial charge >= 0.3 is 0 Å². The Morgan fingerprint density at radius 3 is 3.05 bits per heavy atom. The lowest BCUT2D eigenvalue weighted by Crippen LogP contribution is -2.55. The van der Waals surface area contributed by atoms with Gasteiger partial charge in [0, 0.05) is 25.8 Å². The van der Waals surface area contributed by atoms with E-state index in [4.69, 9.17) is 0 Å². The van der Waals surface area contributed by atoms with E-state index < -0.39 is 16.1 Å². The van der Waals surface area contributed by atoms with Gasteiger partial charge in [0.1, 0.15) is 4.90 Å². The van der Waals surface area contributed by atoms with Crippen LogP contribution in [0.25, 0.3) is 10.2 Å². The first kappa shape index (κ1) is 14.9. The molecule has 0 aromatic carbocycles. The molecule has 0 spiro atoms. The van der Waals surface area contributed by atoms with Crippen molar-refractivity contribution in [2.24, 2.45) is 0 Å². The van der Waals surface area contributed by atoms with E-state index >= 15 is 0 Å². The summed E-state index contributed by atoms with van der Waals surface area (Å²) in [4.78, 5) is 6.42. The maximum atomic E-state index is 12.8. The summed E-state index contributed by atoms with van der Waals surface area (Å²) in [5.41, 5.74) is 0.802. The largest absolute Gasteiger partial charge is 0.395 e. The minimum Gasteiger partial charge on any atom is -0.395 e. The van der Waals surface area contributed by atoms with Crippen LogP contribution in [0.1, 0.15) is 0 Å². The number of sulfonamides is 1. The molecule has 21 heavy (non-hydrogen) atoms. The maximum Gasteiger partial charge on any atom is 0.245 e. The van der Waals surface area contributed by atoms with Gasteiger partial charge < -0.3 is 10.0 Å². The third-order valence-electron chi connectivity index (χ3n) is 3.73. The van der Waals surface area contributed by atoms with E-state index in [1.807, 2.05) is 23.4 Å². The average Bonchev–Trinajstić information content (AvgIpc) is 2.94. The first-order chi connectivity index (χ1) is 10.0. The summed E-state index contributed by atoms with van der Waals surface area (Å²) in [6.07, 6.45) is 1.40. The van der Waals surface area contributed by atoms with E-state index in [-0.39, 0.29) is 11.5 Å². The molecule has 0 saturated carbocycles. The molecule has 0 amide bonds. The zero-order valence-corrected chi connectivity index (χ0v) is 13.3. The van der Waals surface area contributed by atoms with Crippen molar-refractivity contribution >= 4 is 31.6 Å². The second-order valence-corrected chi connectivity index (χ2v) is 8.03. The molecular formula is C13H17N3O3S2. The second kappa shape index (κ2) is 5.62. The standard InChI is InChI=1S/C13H17N3O3S2/c1-15-3-4-16(10(8-15)9-17)21(18,19)11-6-13-12(14-7-11)2-5-20-13/h2,5-7,10,17H,3-4,8-9H2,1H3. The molecule has 2 aromatic heterocycles. The first-order valence-electron chi connectivity index (χ1n) is 6.67. The predicted molar refractivity (Wildman–Crippen MR) is 81.9 cm³/mol. The molecule has 3 rings (SSSR count). The van der Waals surface area contributed by atoms with Crippen LogP contribution in [0, 0.1) is 0 Å². The fourth-order valence-electron chi connectivity index (χ4n) is 2.56. The van der Waals surface area contributed by atoms with Gasteiger partial charge in [-0.05, 0) is 24.6 Å². The van der Waals surface area contributed by atoms with Crippen molar-refractivity contribution in [1.82, 2.24) is 14.2 Å². The van der Waals surface area contributed by atoms with Crippen LogP contribution in [0.15, 0.2) is 28.6 Å². The smallest absolute Gasteiger partial charge is 0.245 e. The molecular weight excluding hydrogens is 310 g/mol. The molecule has 1 fully saturated rings. The molecule has 8 heteroatoms. The summed E-state index contributed by atoms with van der Waals surface area (Å²) in [7, 11) is -1.70. The number of nitrogens with zero attached hydrogens (tertiary/aromatic N) is 3. The number of hydrogen-bond acceptors (Lipinski definition) is 6. The molecule has 1 aliphatic rings. The van der Waals surface area contributed by atoms with Crippen molar-refractivity contribution < 1.29 is 13.5 Å². The highest BCUT2D eigenvalue weighted by Gasteiger charge is 2.35. The van der Waals surface area contributed by atoms with Crippen molar-refractivity contribution in [1.29, 1.82) is 0 Å². The topological polar surface area (TPSA) is 73.7 Å². The second-order valence-electron chi connectivity index (χ2n) is 5.19. The SMILES string of the molecule is CN1CCN(S(=O)(=O)c2cnc3ccsc3c2)C(CO)C1. The van der Waals surface area contributed by atoms with Gasteiger partial charge in [0.25, 0.3) is 0 Å². The van der Waals surface area contributed by atoms with Gasteiger partial charge in [-0.2, -0.15) is 4.31 Å². The van der Waals surface area contributed by atoms with E-state index in [1.54, 1.807) is 6.07 Å². The van der Waals surface area contributed by atoms with E-state index in [0.29, 0.717) is 19.6 Å². The molecule has 6 nitrogen and oxygen atoms in total. The van der Waals surface area contributed by atoms with Crippen LogP contribution in [0.3, 0.4) is 0 Å². The summed E-state index contributed by atoms with van der Waals surface area (Å²) in [5, 5.41) is 11.4. The highest BCUT2D eigenvalue weighted by Crippen LogP contribution is 2.25. The van der Waals surface area contributed by atoms with Crippen LogP contribution in [0.4, 0.5) is 0 Å². The number of piperazine rings is 1. The minimum atomic E-state index is -3.63. The van der Waals surface area contributed by atoms with Crippen LogP contribution in [-0.4, -0.2) is 67.0 Å². The van der Waals surface area contributed by atoms with Crippen LogP contribution in [-0.2, 0) is 10.0 Å². The van der Waals surface area contributed by atoms with Crippen LogP contribution >= 0.6 is 11.3 Å². The molecule has 0 aliphatic carbocycles. The summed E-state index contributed by atoms with van der Waals surface area (Å²) < 4.78 is 27.8. The first-order valence-corrected chi connectivity index (χ1v) is 8.99. The Labute approximate surface area is 127 Å². The quantitative estimate of drug-likeness (QED) is 0.893. The third kappa shape index (κ3) is 2.69. The molecule has 2 aromatic rings. The lowest BCUT2D eigenvalue weighted by molar-refractivity contribution is 0.107. The number of aliphatic hydroxyl groups is 1. The fraction of sp³-hybridized carbons (Fsp3) is 0.462. The van der Waals surface area contributed by atoms with Gasteiger partial charge in [-0.1, -0.05) is 0 Å². The maximum absolute atomic E-state index is 12.8. The predicted octanol–water partition coefficient (Wildman–Crippen LogP) is 0.593. The molecule has 1 atom stereocenters. The number of pyridine rings is 1. The normalized spacial score (nSPS) is 21.9. The summed E-state index contributed by atoms with van der Waals surface area (Å²) >= 11 is 1.47. The minimum absolute atomic E-state index is 0.182. The number of fused-ring (bicyclic) bond motifs is 1. The van der Waals surface area contributed by atoms with Crippen LogP contribution < -0.4 is 0 Å². The van der Waals surface area contributed by atoms with Crippen molar-refractivity contribution in [3.63, 3.8) is 0 Å². The van der Waals surface area contributed by atoms with Crippen molar-refractivity contribution in [3.8, 4) is 0 Å². The summed E-state index contributed by atoms with van der Waals surface area (Å²) in [6, 6.07) is 3.12. The average molecular weight is 327 g/mol. The highest BCUT2D eigenvalue weighted by molar-refractivity contribution is 7.89. The number of likely N-dealkylation sites (N-methyl/N-ethyl adjacent to an activating group) is 1. The Bertz CT molecular complexity index is 744. The van der Waals surface area contributed by atoms with Crippen molar-refractivity contribution in [2.45, 2.75) is 10.9 Å². The van der Waals surface area contributed by atoms with Gasteiger partial charge in [-0.25, -0.2) is 8.42 Å². The fourth-order valence-corrected chi connectivity index (χ4v) is 4.99. The van der Waals surface area contributed by atoms with Gasteiger partial charge in [-0.15, -0.1) is 11.3 Å². The lowest BCUT2D eigenvalue weighted by atomic mass is 10.2. The van der Waals surface area contributed by atoms with Gasteiger partial charge in [0.2, 0.25) is 10.0 Å². The molecule has 114 valence electrons. The molecule has 3 heterocycles. The van der Waals surface area contributed by atoms with E-state index in [0.717, 1.165) is 10.2 Å². The van der Waals surface area contributed by atoms with Crippen molar-refractivity contribution in [3.05, 3.63) is 23.7 Å². The molecule has 1 saturated heterocycles. The number of aliphatic hydroxyl groups excluding tert-OH is 1. The van der Waals surface area contributed by atoms with Gasteiger partial charge in [0.05, 0.1) is 22.9 Å². The van der Waals surface area contributed by atoms with Crippen LogP contribution in [0.2, 0.25) is 0 Å². The number of aromatic nitrogens is 1. The van der Waals surface area contributed by atoms with Gasteiger partial charge in [-0.3, -0.25) is 4.98 Å². The Balaban J connectivity index is 1.98. The number of hydrogen-bond donors (Lipinski definition) is 1. The van der Waals surface area contributed by atoms with E-state index in [9.17, 15) is 13.5 Å². The molecule has 1 unspecified atom stereocenters. The molecule has 1 N–H and O–H groups in total. The molecule has 0 radical (unpaired) electrons. The van der Waals surface area contributed by atoms with E-state index in [1.165, 1.54) is 21.8 Å². The Morgan fingerprint density at radius 1 is 1.48 bits per heavy atom.